The van der Waals surface area contributed by atoms with Gasteiger partial charge in [-0.2, -0.15) is 4.39 Å². The van der Waals surface area contributed by atoms with Gasteiger partial charge in [-0.3, -0.25) is 0 Å². The van der Waals surface area contributed by atoms with Crippen LogP contribution in [0, 0.1) is 17.7 Å². The topological polar surface area (TPSA) is 99.6 Å². The molecule has 2 atom stereocenters. The minimum Gasteiger partial charge on any atom is -0.478 e. The van der Waals surface area contributed by atoms with Crippen molar-refractivity contribution < 1.29 is 32.6 Å². The number of furan rings is 1. The predicted molar refractivity (Wildman–Crippen MR) is 160 cm³/mol. The van der Waals surface area contributed by atoms with Crippen LogP contribution in [0.1, 0.15) is 53.1 Å². The number of nitrogens with zero attached hydrogens (tertiary/aromatic N) is 3. The van der Waals surface area contributed by atoms with Gasteiger partial charge in [-0.25, -0.2) is 19.2 Å². The largest absolute Gasteiger partial charge is 0.478 e. The predicted octanol–water partition coefficient (Wildman–Crippen LogP) is 7.60. The smallest absolute Gasteiger partial charge is 0.335 e. The van der Waals surface area contributed by atoms with E-state index in [-0.39, 0.29) is 29.7 Å². The van der Waals surface area contributed by atoms with E-state index >= 15 is 0 Å². The lowest BCUT2D eigenvalue weighted by atomic mass is 9.86. The van der Waals surface area contributed by atoms with Gasteiger partial charge in [0.05, 0.1) is 40.0 Å². The number of hydrogen-bond donors (Lipinski definition) is 1. The third-order valence-corrected chi connectivity index (χ3v) is 8.76. The second-order valence-electron chi connectivity index (χ2n) is 11.3. The number of carbonyl (C=O) groups is 1. The van der Waals surface area contributed by atoms with Crippen molar-refractivity contribution in [3.63, 3.8) is 0 Å². The summed E-state index contributed by atoms with van der Waals surface area (Å²) in [6.07, 6.45) is 6.37. The van der Waals surface area contributed by atoms with Crippen LogP contribution in [0.15, 0.2) is 59.0 Å². The highest BCUT2D eigenvalue weighted by Gasteiger charge is 2.25. The minimum atomic E-state index is -0.968. The number of benzene rings is 2. The first-order chi connectivity index (χ1) is 21.3. The van der Waals surface area contributed by atoms with Gasteiger partial charge in [-0.15, -0.1) is 0 Å². The van der Waals surface area contributed by atoms with Gasteiger partial charge in [-0.05, 0) is 73.6 Å². The van der Waals surface area contributed by atoms with Crippen molar-refractivity contribution in [3.05, 3.63) is 94.1 Å². The molecule has 44 heavy (non-hydrogen) atoms. The van der Waals surface area contributed by atoms with E-state index in [9.17, 15) is 18.7 Å². The Balaban J connectivity index is 1.07. The van der Waals surface area contributed by atoms with Crippen molar-refractivity contribution >= 4 is 45.1 Å². The van der Waals surface area contributed by atoms with Crippen LogP contribution in [0.25, 0.3) is 27.6 Å². The van der Waals surface area contributed by atoms with E-state index in [0.29, 0.717) is 34.1 Å². The molecule has 1 aliphatic carbocycles. The molecule has 3 aromatic heterocycles. The van der Waals surface area contributed by atoms with Gasteiger partial charge in [0.1, 0.15) is 18.0 Å². The number of aromatic carboxylic acids is 1. The number of allylic oxidation sites excluding steroid dienone is 2. The Morgan fingerprint density at radius 2 is 1.98 bits per heavy atom. The molecule has 11 heteroatoms. The Labute approximate surface area is 255 Å². The van der Waals surface area contributed by atoms with Crippen LogP contribution in [0.4, 0.5) is 8.78 Å². The summed E-state index contributed by atoms with van der Waals surface area (Å²) in [4.78, 5) is 20.9. The van der Waals surface area contributed by atoms with Crippen molar-refractivity contribution in [2.45, 2.75) is 51.4 Å². The summed E-state index contributed by atoms with van der Waals surface area (Å²) in [7, 11) is 0. The molecular weight excluding hydrogens is 592 g/mol. The number of aromatic nitrogens is 3. The molecule has 8 nitrogen and oxygen atoms in total. The Hall–Kier alpha value is -4.28. The van der Waals surface area contributed by atoms with E-state index in [4.69, 9.17) is 30.5 Å². The average molecular weight is 620 g/mol. The number of hydrogen-bond acceptors (Lipinski definition) is 6. The molecule has 2 aliphatic rings. The van der Waals surface area contributed by atoms with Gasteiger partial charge in [0, 0.05) is 30.0 Å². The highest BCUT2D eigenvalue weighted by atomic mass is 35.5. The van der Waals surface area contributed by atoms with Gasteiger partial charge >= 0.3 is 5.97 Å². The third kappa shape index (κ3) is 5.55. The van der Waals surface area contributed by atoms with E-state index < -0.39 is 17.8 Å². The molecule has 0 amide bonds. The second kappa shape index (κ2) is 11.7. The summed E-state index contributed by atoms with van der Waals surface area (Å²) in [5, 5.41) is 10.3. The Bertz CT molecular complexity index is 1930. The van der Waals surface area contributed by atoms with Crippen LogP contribution >= 0.6 is 11.6 Å². The number of rotatable bonds is 9. The maximum atomic E-state index is 14.7. The van der Waals surface area contributed by atoms with Crippen molar-refractivity contribution in [2.24, 2.45) is 5.92 Å². The fourth-order valence-corrected chi connectivity index (χ4v) is 6.14. The molecule has 4 heterocycles. The number of imidazole rings is 1. The molecular formula is C33H28ClF2N3O5. The molecule has 1 N–H and O–H groups in total. The highest BCUT2D eigenvalue weighted by Crippen LogP contribution is 2.34. The molecule has 0 radical (unpaired) electrons. The number of halogens is 3. The normalized spacial score (nSPS) is 18.4. The van der Waals surface area contributed by atoms with Gasteiger partial charge in [0.15, 0.2) is 5.82 Å². The lowest BCUT2D eigenvalue weighted by Crippen LogP contribution is -2.32. The number of pyridine rings is 1. The minimum absolute atomic E-state index is 0.0734. The SMILES string of the molecule is O=C(O)c1ccc2nc(CC3CC=C(c4ccc(F)c(OCc5ccc(Cl)c6cc(F)oc56)n4)CC3)n(C[C@@H]3CCO3)c2c1. The first-order valence-corrected chi connectivity index (χ1v) is 14.9. The molecule has 2 aromatic carbocycles. The molecule has 0 saturated carbocycles. The Morgan fingerprint density at radius 3 is 2.73 bits per heavy atom. The molecule has 0 spiro atoms. The summed E-state index contributed by atoms with van der Waals surface area (Å²) in [6.45, 7) is 1.31. The van der Waals surface area contributed by atoms with Gasteiger partial charge in [0.2, 0.25) is 0 Å². The monoisotopic (exact) mass is 619 g/mol. The quantitative estimate of drug-likeness (QED) is 0.181. The standard InChI is InChI=1S/C33H28ClF2N3O5/c34-24-7-5-21(31-23(24)15-29(36)44-31)17-43-32-25(35)8-10-26(38-32)19-3-1-18(2-4-19)13-30-37-27-9-6-20(33(40)41)14-28(27)39(30)16-22-11-12-42-22/h3,5-10,14-15,18,22H,1-2,4,11-13,16-17H2,(H,40,41)/t18?,22-/m0/s1. The lowest BCUT2D eigenvalue weighted by Gasteiger charge is -2.28. The van der Waals surface area contributed by atoms with E-state index in [0.717, 1.165) is 61.1 Å². The second-order valence-corrected chi connectivity index (χ2v) is 11.7. The van der Waals surface area contributed by atoms with Crippen molar-refractivity contribution in [2.75, 3.05) is 6.61 Å². The summed E-state index contributed by atoms with van der Waals surface area (Å²) in [6, 6.07) is 11.7. The molecule has 0 bridgehead atoms. The Kier molecular flexibility index (Phi) is 7.55. The van der Waals surface area contributed by atoms with Gasteiger partial charge in [-0.1, -0.05) is 23.7 Å². The summed E-state index contributed by atoms with van der Waals surface area (Å²) < 4.78 is 47.1. The zero-order valence-corrected chi connectivity index (χ0v) is 24.3. The van der Waals surface area contributed by atoms with E-state index in [1.165, 1.54) is 12.1 Å². The van der Waals surface area contributed by atoms with Crippen molar-refractivity contribution in [1.29, 1.82) is 0 Å². The number of ether oxygens (including phenoxy) is 2. The van der Waals surface area contributed by atoms with Crippen LogP contribution in [0.3, 0.4) is 0 Å². The van der Waals surface area contributed by atoms with Gasteiger partial charge in [0.25, 0.3) is 11.9 Å². The number of carboxylic acids is 1. The number of carboxylic acid groups (broad SMARTS) is 1. The fraction of sp³-hybridized carbons (Fsp3) is 0.303. The fourth-order valence-electron chi connectivity index (χ4n) is 5.94. The first-order valence-electron chi connectivity index (χ1n) is 14.5. The average Bonchev–Trinajstić information content (AvgIpc) is 3.55. The Morgan fingerprint density at radius 1 is 1.11 bits per heavy atom. The maximum Gasteiger partial charge on any atom is 0.335 e. The van der Waals surface area contributed by atoms with E-state index in [1.807, 2.05) is 0 Å². The zero-order chi connectivity index (χ0) is 30.4. The van der Waals surface area contributed by atoms with Crippen LogP contribution in [-0.2, 0) is 24.3 Å². The van der Waals surface area contributed by atoms with Gasteiger partial charge < -0.3 is 23.6 Å². The van der Waals surface area contributed by atoms with Crippen LogP contribution < -0.4 is 4.74 Å². The first kappa shape index (κ1) is 28.5. The number of fused-ring (bicyclic) bond motifs is 2. The highest BCUT2D eigenvalue weighted by molar-refractivity contribution is 6.35. The van der Waals surface area contributed by atoms with Crippen molar-refractivity contribution in [1.82, 2.24) is 14.5 Å². The lowest BCUT2D eigenvalue weighted by molar-refractivity contribution is -0.0590. The molecule has 1 aliphatic heterocycles. The third-order valence-electron chi connectivity index (χ3n) is 8.43. The molecule has 7 rings (SSSR count). The molecule has 1 fully saturated rings. The summed E-state index contributed by atoms with van der Waals surface area (Å²) in [5.41, 5.74) is 4.24. The molecule has 226 valence electrons. The van der Waals surface area contributed by atoms with E-state index in [2.05, 4.69) is 15.6 Å². The van der Waals surface area contributed by atoms with E-state index in [1.54, 1.807) is 36.4 Å². The summed E-state index contributed by atoms with van der Waals surface area (Å²) >= 11 is 6.14. The summed E-state index contributed by atoms with van der Waals surface area (Å²) in [5.74, 6) is -0.465. The van der Waals surface area contributed by atoms with Crippen LogP contribution in [-0.4, -0.2) is 38.3 Å². The van der Waals surface area contributed by atoms with Crippen molar-refractivity contribution in [3.8, 4) is 5.88 Å². The zero-order valence-electron chi connectivity index (χ0n) is 23.6. The molecule has 1 unspecified atom stereocenters. The van der Waals surface area contributed by atoms with Crippen LogP contribution in [0.5, 0.6) is 5.88 Å². The maximum absolute atomic E-state index is 14.7. The molecule has 1 saturated heterocycles. The molecule has 5 aromatic rings. The van der Waals surface area contributed by atoms with Crippen LogP contribution in [0.2, 0.25) is 5.02 Å².